The summed E-state index contributed by atoms with van der Waals surface area (Å²) < 4.78 is 52.8. The van der Waals surface area contributed by atoms with Crippen LogP contribution in [0.25, 0.3) is 28.2 Å². The van der Waals surface area contributed by atoms with Gasteiger partial charge in [-0.05, 0) is 55.8 Å². The summed E-state index contributed by atoms with van der Waals surface area (Å²) in [4.78, 5) is 36.7. The van der Waals surface area contributed by atoms with Gasteiger partial charge in [-0.25, -0.2) is 13.2 Å². The normalized spacial score (nSPS) is 23.8. The number of nitrogens with zero attached hydrogens (tertiary/aromatic N) is 8. The lowest BCUT2D eigenvalue weighted by atomic mass is 9.95. The lowest BCUT2D eigenvalue weighted by Gasteiger charge is -2.41. The maximum atomic E-state index is 16.8. The summed E-state index contributed by atoms with van der Waals surface area (Å²) in [6, 6.07) is 14.0. The zero-order valence-electron chi connectivity index (χ0n) is 28.0. The second-order valence-electron chi connectivity index (χ2n) is 13.9. The molecule has 3 aromatic heterocycles. The number of benzene rings is 1. The Hall–Kier alpha value is -5.09. The quantitative estimate of drug-likeness (QED) is 0.195. The summed E-state index contributed by atoms with van der Waals surface area (Å²) in [7, 11) is 0. The van der Waals surface area contributed by atoms with Gasteiger partial charge in [0.05, 0.1) is 35.2 Å². The fourth-order valence-electron chi connectivity index (χ4n) is 8.01. The van der Waals surface area contributed by atoms with E-state index in [9.17, 15) is 14.4 Å². The van der Waals surface area contributed by atoms with Gasteiger partial charge >= 0.3 is 6.01 Å². The van der Waals surface area contributed by atoms with Crippen LogP contribution in [-0.2, 0) is 4.79 Å². The molecule has 3 aliphatic heterocycles. The van der Waals surface area contributed by atoms with Crippen molar-refractivity contribution in [2.45, 2.75) is 62.2 Å². The lowest BCUT2D eigenvalue weighted by molar-refractivity contribution is -0.131. The van der Waals surface area contributed by atoms with Crippen LogP contribution in [0.5, 0.6) is 6.01 Å². The van der Waals surface area contributed by atoms with Gasteiger partial charge in [-0.3, -0.25) is 19.7 Å². The standard InChI is InChI=1S/C38H37F3N8O2/c39-25-19-38(12-5-15-48(38)21-25)23-51-37-45-34-30(20-44-33(32(34)41)29-8-2-1-7-28(29)24-9-10-24)35(46-37)47-16-17-49(27(22-47)11-13-42)36(50)31(40)18-26-6-3-4-14-43-26/h1-4,6-8,14,18,20,24-25,27H,5,9-12,15-17,19,21-23H2/b31-18-/t25-,27+,38+/m1/s1. The number of rotatable bonds is 9. The summed E-state index contributed by atoms with van der Waals surface area (Å²) in [6.07, 6.45) is 7.28. The van der Waals surface area contributed by atoms with E-state index in [1.807, 2.05) is 29.2 Å². The molecule has 4 aromatic rings. The van der Waals surface area contributed by atoms with E-state index < -0.39 is 35.3 Å². The summed E-state index contributed by atoms with van der Waals surface area (Å²) in [5.74, 6) is -1.74. The van der Waals surface area contributed by atoms with E-state index in [-0.39, 0.29) is 49.9 Å². The number of fused-ring (bicyclic) bond motifs is 2. The number of amides is 1. The van der Waals surface area contributed by atoms with Crippen molar-refractivity contribution in [3.8, 4) is 23.3 Å². The highest BCUT2D eigenvalue weighted by molar-refractivity contribution is 5.96. The first-order chi connectivity index (χ1) is 24.8. The topological polar surface area (TPSA) is 111 Å². The van der Waals surface area contributed by atoms with Gasteiger partial charge in [0.2, 0.25) is 0 Å². The third-order valence-corrected chi connectivity index (χ3v) is 10.6. The Balaban J connectivity index is 1.15. The third kappa shape index (κ3) is 6.37. The minimum Gasteiger partial charge on any atom is -0.461 e. The second-order valence-corrected chi connectivity index (χ2v) is 13.9. The van der Waals surface area contributed by atoms with Crippen molar-refractivity contribution in [3.63, 3.8) is 0 Å². The number of aromatic nitrogens is 4. The third-order valence-electron chi connectivity index (χ3n) is 10.6. The van der Waals surface area contributed by atoms with E-state index in [1.54, 1.807) is 24.4 Å². The highest BCUT2D eigenvalue weighted by Crippen LogP contribution is 2.45. The SMILES string of the molecule is N#CC[C@H]1CN(c2nc(OC[C@@]34CCCN3C[C@H](F)C4)nc3c(F)c(-c4ccccc4C4CC4)ncc23)CCN1C(=O)/C(F)=C/c1ccccn1. The average molecular weight is 695 g/mol. The summed E-state index contributed by atoms with van der Waals surface area (Å²) in [5.41, 5.74) is 1.79. The minimum atomic E-state index is -0.985. The molecule has 1 aromatic carbocycles. The Morgan fingerprint density at radius 2 is 1.92 bits per heavy atom. The molecular formula is C38H37F3N8O2. The lowest BCUT2D eigenvalue weighted by Crippen LogP contribution is -2.55. The van der Waals surface area contributed by atoms with Crippen molar-refractivity contribution in [2.24, 2.45) is 0 Å². The molecule has 4 fully saturated rings. The summed E-state index contributed by atoms with van der Waals surface area (Å²) in [6.45, 7) is 1.72. The number of piperazine rings is 1. The van der Waals surface area contributed by atoms with Crippen LogP contribution in [0.3, 0.4) is 0 Å². The molecule has 1 saturated carbocycles. The number of ether oxygens (including phenoxy) is 1. The van der Waals surface area contributed by atoms with Crippen LogP contribution in [-0.4, -0.2) is 92.7 Å². The molecule has 6 heterocycles. The van der Waals surface area contributed by atoms with Gasteiger partial charge < -0.3 is 14.5 Å². The monoisotopic (exact) mass is 694 g/mol. The van der Waals surface area contributed by atoms with Crippen molar-refractivity contribution in [3.05, 3.63) is 77.8 Å². The van der Waals surface area contributed by atoms with E-state index in [0.717, 1.165) is 43.9 Å². The predicted octanol–water partition coefficient (Wildman–Crippen LogP) is 6.00. The molecule has 0 unspecified atom stereocenters. The molecule has 8 rings (SSSR count). The number of carbonyl (C=O) groups excluding carboxylic acids is 1. The number of carbonyl (C=O) groups is 1. The Labute approximate surface area is 293 Å². The molecule has 3 atom stereocenters. The minimum absolute atomic E-state index is 0.0286. The molecule has 13 heteroatoms. The van der Waals surface area contributed by atoms with Gasteiger partial charge in [-0.1, -0.05) is 30.3 Å². The Morgan fingerprint density at radius 3 is 2.73 bits per heavy atom. The molecule has 0 bridgehead atoms. The molecular weight excluding hydrogens is 657 g/mol. The van der Waals surface area contributed by atoms with Gasteiger partial charge in [0, 0.05) is 56.6 Å². The largest absolute Gasteiger partial charge is 0.461 e. The zero-order valence-corrected chi connectivity index (χ0v) is 28.0. The molecule has 1 aliphatic carbocycles. The van der Waals surface area contributed by atoms with Crippen molar-refractivity contribution in [1.82, 2.24) is 29.7 Å². The fourth-order valence-corrected chi connectivity index (χ4v) is 8.01. The molecule has 1 amide bonds. The zero-order chi connectivity index (χ0) is 35.1. The number of anilines is 1. The van der Waals surface area contributed by atoms with Gasteiger partial charge in [-0.2, -0.15) is 15.2 Å². The Bertz CT molecular complexity index is 2040. The Morgan fingerprint density at radius 1 is 1.08 bits per heavy atom. The van der Waals surface area contributed by atoms with Gasteiger partial charge in [0.15, 0.2) is 11.6 Å². The van der Waals surface area contributed by atoms with Crippen molar-refractivity contribution < 1.29 is 22.7 Å². The molecule has 0 N–H and O–H groups in total. The van der Waals surface area contributed by atoms with Gasteiger partial charge in [-0.15, -0.1) is 0 Å². The molecule has 0 spiro atoms. The van der Waals surface area contributed by atoms with E-state index >= 15 is 8.78 Å². The maximum absolute atomic E-state index is 16.8. The first kappa shape index (κ1) is 33.1. The first-order valence-corrected chi connectivity index (χ1v) is 17.5. The van der Waals surface area contributed by atoms with Crippen LogP contribution >= 0.6 is 0 Å². The maximum Gasteiger partial charge on any atom is 0.319 e. The number of hydrogen-bond donors (Lipinski definition) is 0. The van der Waals surface area contributed by atoms with E-state index in [0.29, 0.717) is 41.3 Å². The first-order valence-electron chi connectivity index (χ1n) is 17.5. The molecule has 3 saturated heterocycles. The molecule has 4 aliphatic rings. The van der Waals surface area contributed by atoms with Crippen molar-refractivity contribution in [2.75, 3.05) is 44.2 Å². The highest BCUT2D eigenvalue weighted by Gasteiger charge is 2.49. The predicted molar refractivity (Wildman–Crippen MR) is 185 cm³/mol. The van der Waals surface area contributed by atoms with Crippen molar-refractivity contribution in [1.29, 1.82) is 5.26 Å². The van der Waals surface area contributed by atoms with Crippen LogP contribution in [0.15, 0.2) is 60.7 Å². The van der Waals surface area contributed by atoms with Crippen LogP contribution < -0.4 is 9.64 Å². The number of hydrogen-bond acceptors (Lipinski definition) is 9. The number of pyridine rings is 2. The van der Waals surface area contributed by atoms with E-state index in [2.05, 4.69) is 25.9 Å². The highest BCUT2D eigenvalue weighted by atomic mass is 19.1. The van der Waals surface area contributed by atoms with Crippen LogP contribution in [0, 0.1) is 17.1 Å². The average Bonchev–Trinajstić information content (AvgIpc) is 3.85. The van der Waals surface area contributed by atoms with E-state index in [4.69, 9.17) is 9.72 Å². The summed E-state index contributed by atoms with van der Waals surface area (Å²) in [5, 5.41) is 10.1. The number of alkyl halides is 1. The molecule has 0 radical (unpaired) electrons. The molecule has 51 heavy (non-hydrogen) atoms. The molecule has 262 valence electrons. The number of nitriles is 1. The number of halogens is 3. The Kier molecular flexibility index (Phi) is 8.79. The fraction of sp³-hybridized carbons (Fsp3) is 0.421. The van der Waals surface area contributed by atoms with Crippen LogP contribution in [0.2, 0.25) is 0 Å². The van der Waals surface area contributed by atoms with E-state index in [1.165, 1.54) is 11.1 Å². The second kappa shape index (κ2) is 13.6. The van der Waals surface area contributed by atoms with Gasteiger partial charge in [0.1, 0.15) is 29.8 Å². The molecule has 10 nitrogen and oxygen atoms in total. The smallest absolute Gasteiger partial charge is 0.319 e. The van der Waals surface area contributed by atoms with Crippen LogP contribution in [0.4, 0.5) is 19.0 Å². The van der Waals surface area contributed by atoms with Crippen LogP contribution in [0.1, 0.15) is 55.7 Å². The summed E-state index contributed by atoms with van der Waals surface area (Å²) >= 11 is 0. The van der Waals surface area contributed by atoms with Crippen molar-refractivity contribution >= 4 is 28.7 Å². The van der Waals surface area contributed by atoms with Gasteiger partial charge in [0.25, 0.3) is 5.91 Å².